The number of benzene rings is 3. The molecule has 10 heteroatoms. The van der Waals surface area contributed by atoms with Gasteiger partial charge in [-0.15, -0.1) is 10.2 Å². The zero-order valence-electron chi connectivity index (χ0n) is 18.8. The van der Waals surface area contributed by atoms with Gasteiger partial charge in [-0.2, -0.15) is 4.80 Å². The summed E-state index contributed by atoms with van der Waals surface area (Å²) in [5.41, 5.74) is 14.4. The molecule has 1 aromatic heterocycles. The van der Waals surface area contributed by atoms with Crippen molar-refractivity contribution in [1.82, 2.24) is 41.9 Å². The van der Waals surface area contributed by atoms with Crippen molar-refractivity contribution in [1.29, 1.82) is 0 Å². The number of hydrogen-bond donors (Lipinski definition) is 4. The molecule has 35 heavy (non-hydrogen) atoms. The summed E-state index contributed by atoms with van der Waals surface area (Å²) in [6, 6.07) is 26.1. The van der Waals surface area contributed by atoms with Crippen LogP contribution in [0.25, 0.3) is 11.4 Å². The highest BCUT2D eigenvalue weighted by Gasteiger charge is 2.30. The molecule has 0 saturated carbocycles. The van der Waals surface area contributed by atoms with Crippen LogP contribution in [0, 0.1) is 0 Å². The van der Waals surface area contributed by atoms with Gasteiger partial charge in [-0.1, -0.05) is 72.8 Å². The van der Waals surface area contributed by atoms with Crippen LogP contribution >= 0.6 is 0 Å². The number of amides is 2. The Kier molecular flexibility index (Phi) is 6.55. The second kappa shape index (κ2) is 10.2. The first kappa shape index (κ1) is 22.4. The van der Waals surface area contributed by atoms with Crippen molar-refractivity contribution in [3.05, 3.63) is 102 Å². The van der Waals surface area contributed by atoms with Crippen molar-refractivity contribution >= 4 is 11.8 Å². The number of carbonyl (C=O) groups excluding carboxylic acids is 2. The molecular weight excluding hydrogens is 444 g/mol. The molecule has 2 amide bonds. The Morgan fingerprint density at radius 2 is 1.60 bits per heavy atom. The zero-order valence-corrected chi connectivity index (χ0v) is 18.8. The number of nitrogens with zero attached hydrogens (tertiary/aromatic N) is 4. The van der Waals surface area contributed by atoms with E-state index >= 15 is 0 Å². The fourth-order valence-electron chi connectivity index (χ4n) is 3.85. The van der Waals surface area contributed by atoms with Gasteiger partial charge in [0.15, 0.2) is 0 Å². The predicted octanol–water partition coefficient (Wildman–Crippen LogP) is 1.76. The Bertz CT molecular complexity index is 1290. The Morgan fingerprint density at radius 1 is 0.886 bits per heavy atom. The van der Waals surface area contributed by atoms with Crippen molar-refractivity contribution < 1.29 is 9.59 Å². The topological polar surface area (TPSA) is 126 Å². The van der Waals surface area contributed by atoms with Crippen molar-refractivity contribution in [2.45, 2.75) is 25.0 Å². The molecule has 2 atom stereocenters. The van der Waals surface area contributed by atoms with E-state index in [2.05, 4.69) is 37.1 Å². The molecule has 0 bridgehead atoms. The first-order valence-electron chi connectivity index (χ1n) is 11.2. The van der Waals surface area contributed by atoms with Crippen molar-refractivity contribution in [2.24, 2.45) is 0 Å². The standard InChI is InChI=1S/C25H24N8O2/c34-24(29-30-25(35)22-15-21(26-27-22)18-7-3-1-4-8-18)20-13-11-17(12-14-20)16-33-31-23(28-32-33)19-9-5-2-6-10-19/h1-14,21-22,26-27H,15-16H2,(H,29,34)(H,30,35). The second-order valence-electron chi connectivity index (χ2n) is 8.19. The normalized spacial score (nSPS) is 17.1. The average molecular weight is 469 g/mol. The lowest BCUT2D eigenvalue weighted by atomic mass is 10.0. The van der Waals surface area contributed by atoms with Gasteiger partial charge in [0.05, 0.1) is 6.54 Å². The van der Waals surface area contributed by atoms with Crippen LogP contribution < -0.4 is 21.7 Å². The van der Waals surface area contributed by atoms with Gasteiger partial charge in [-0.25, -0.2) is 10.9 Å². The first-order valence-corrected chi connectivity index (χ1v) is 11.2. The molecule has 4 N–H and O–H groups in total. The highest BCUT2D eigenvalue weighted by molar-refractivity contribution is 5.95. The van der Waals surface area contributed by atoms with Gasteiger partial charge in [-0.3, -0.25) is 20.4 Å². The average Bonchev–Trinajstić information content (AvgIpc) is 3.59. The van der Waals surface area contributed by atoms with Gasteiger partial charge >= 0.3 is 0 Å². The van der Waals surface area contributed by atoms with E-state index in [4.69, 9.17) is 0 Å². The molecule has 2 unspecified atom stereocenters. The van der Waals surface area contributed by atoms with Crippen LogP contribution in [0.5, 0.6) is 0 Å². The third-order valence-corrected chi connectivity index (χ3v) is 5.75. The third-order valence-electron chi connectivity index (χ3n) is 5.75. The van der Waals surface area contributed by atoms with E-state index in [0.29, 0.717) is 24.4 Å². The van der Waals surface area contributed by atoms with Crippen molar-refractivity contribution in [3.8, 4) is 11.4 Å². The molecule has 2 heterocycles. The summed E-state index contributed by atoms with van der Waals surface area (Å²) < 4.78 is 0. The van der Waals surface area contributed by atoms with Gasteiger partial charge in [0.25, 0.3) is 11.8 Å². The Balaban J connectivity index is 1.11. The monoisotopic (exact) mass is 468 g/mol. The molecule has 0 radical (unpaired) electrons. The lowest BCUT2D eigenvalue weighted by Gasteiger charge is -2.12. The number of hydrogen-bond acceptors (Lipinski definition) is 7. The number of nitrogens with one attached hydrogen (secondary N) is 4. The molecule has 10 nitrogen and oxygen atoms in total. The highest BCUT2D eigenvalue weighted by Crippen LogP contribution is 2.21. The van der Waals surface area contributed by atoms with Crippen LogP contribution in [-0.4, -0.2) is 38.1 Å². The van der Waals surface area contributed by atoms with E-state index in [1.54, 1.807) is 12.1 Å². The highest BCUT2D eigenvalue weighted by atomic mass is 16.2. The molecule has 3 aromatic carbocycles. The van der Waals surface area contributed by atoms with Gasteiger partial charge in [0.1, 0.15) is 6.04 Å². The molecule has 1 aliphatic rings. The fourth-order valence-corrected chi connectivity index (χ4v) is 3.85. The maximum absolute atomic E-state index is 12.5. The molecule has 1 saturated heterocycles. The molecule has 1 fully saturated rings. The summed E-state index contributed by atoms with van der Waals surface area (Å²) in [5, 5.41) is 12.6. The number of rotatable bonds is 6. The van der Waals surface area contributed by atoms with Crippen LogP contribution in [0.1, 0.15) is 33.9 Å². The molecule has 0 spiro atoms. The lowest BCUT2D eigenvalue weighted by molar-refractivity contribution is -0.123. The van der Waals surface area contributed by atoms with Gasteiger partial charge in [0.2, 0.25) is 5.82 Å². The molecule has 4 aromatic rings. The lowest BCUT2D eigenvalue weighted by Crippen LogP contribution is -2.50. The third kappa shape index (κ3) is 5.40. The van der Waals surface area contributed by atoms with E-state index in [1.807, 2.05) is 72.8 Å². The smallest absolute Gasteiger partial charge is 0.269 e. The van der Waals surface area contributed by atoms with Crippen LogP contribution in [0.2, 0.25) is 0 Å². The van der Waals surface area contributed by atoms with E-state index in [-0.39, 0.29) is 11.9 Å². The largest absolute Gasteiger partial charge is 0.271 e. The maximum Gasteiger partial charge on any atom is 0.269 e. The van der Waals surface area contributed by atoms with E-state index in [0.717, 1.165) is 16.7 Å². The minimum atomic E-state index is -0.459. The van der Waals surface area contributed by atoms with Gasteiger partial charge < -0.3 is 0 Å². The molecule has 0 aliphatic carbocycles. The predicted molar refractivity (Wildman–Crippen MR) is 128 cm³/mol. The number of tetrazole rings is 1. The minimum Gasteiger partial charge on any atom is -0.271 e. The minimum absolute atomic E-state index is 0.0263. The van der Waals surface area contributed by atoms with Crippen LogP contribution in [0.15, 0.2) is 84.9 Å². The van der Waals surface area contributed by atoms with Crippen LogP contribution in [0.3, 0.4) is 0 Å². The summed E-state index contributed by atoms with van der Waals surface area (Å²) in [4.78, 5) is 26.4. The van der Waals surface area contributed by atoms with Crippen molar-refractivity contribution in [2.75, 3.05) is 0 Å². The van der Waals surface area contributed by atoms with Crippen molar-refractivity contribution in [3.63, 3.8) is 0 Å². The quantitative estimate of drug-likeness (QED) is 0.318. The Hall–Kier alpha value is -4.41. The zero-order chi connectivity index (χ0) is 24.0. The van der Waals surface area contributed by atoms with Crippen LogP contribution in [-0.2, 0) is 11.3 Å². The number of carbonyl (C=O) groups is 2. The van der Waals surface area contributed by atoms with Crippen LogP contribution in [0.4, 0.5) is 0 Å². The summed E-state index contributed by atoms with van der Waals surface area (Å²) in [6.07, 6.45) is 0.572. The molecule has 176 valence electrons. The maximum atomic E-state index is 12.5. The SMILES string of the molecule is O=C(NNC(=O)C1CC(c2ccccc2)NN1)c1ccc(Cn2nnc(-c3ccccc3)n2)cc1. The van der Waals surface area contributed by atoms with E-state index in [9.17, 15) is 9.59 Å². The van der Waals surface area contributed by atoms with E-state index in [1.165, 1.54) is 4.80 Å². The first-order chi connectivity index (χ1) is 17.2. The molecular formula is C25H24N8O2. The van der Waals surface area contributed by atoms with Gasteiger partial charge in [0, 0.05) is 17.2 Å². The fraction of sp³-hybridized carbons (Fsp3) is 0.160. The van der Waals surface area contributed by atoms with E-state index < -0.39 is 11.9 Å². The summed E-state index contributed by atoms with van der Waals surface area (Å²) in [7, 11) is 0. The summed E-state index contributed by atoms with van der Waals surface area (Å²) >= 11 is 0. The molecule has 5 rings (SSSR count). The Labute approximate surface area is 201 Å². The molecule has 1 aliphatic heterocycles. The number of hydrazine groups is 2. The summed E-state index contributed by atoms with van der Waals surface area (Å²) in [6.45, 7) is 0.418. The Morgan fingerprint density at radius 3 is 2.34 bits per heavy atom. The second-order valence-corrected chi connectivity index (χ2v) is 8.19. The summed E-state index contributed by atoms with van der Waals surface area (Å²) in [5.74, 6) is -0.160. The number of aromatic nitrogens is 4. The van der Waals surface area contributed by atoms with Gasteiger partial charge in [-0.05, 0) is 34.9 Å².